The average molecular weight is 428 g/mol. The lowest BCUT2D eigenvalue weighted by Crippen LogP contribution is -2.52. The van der Waals surface area contributed by atoms with E-state index in [0.29, 0.717) is 17.4 Å². The maximum atomic E-state index is 11.6. The topological polar surface area (TPSA) is 99.7 Å². The highest BCUT2D eigenvalue weighted by atomic mass is 16.2. The van der Waals surface area contributed by atoms with E-state index in [1.807, 2.05) is 29.4 Å². The van der Waals surface area contributed by atoms with Gasteiger partial charge in [0.1, 0.15) is 5.65 Å². The summed E-state index contributed by atoms with van der Waals surface area (Å²) >= 11 is 0. The van der Waals surface area contributed by atoms with Crippen LogP contribution < -0.4 is 5.32 Å². The first-order valence-corrected chi connectivity index (χ1v) is 11.2. The van der Waals surface area contributed by atoms with Crippen LogP contribution >= 0.6 is 0 Å². The minimum atomic E-state index is 0.192. The van der Waals surface area contributed by atoms with Crippen molar-refractivity contribution >= 4 is 33.9 Å². The number of nitrogens with one attached hydrogen (secondary N) is 2. The lowest BCUT2D eigenvalue weighted by molar-refractivity contribution is -0.132. The Bertz CT molecular complexity index is 1310. The minimum absolute atomic E-state index is 0.192. The van der Waals surface area contributed by atoms with Crippen LogP contribution in [-0.4, -0.2) is 54.9 Å². The molecule has 2 fully saturated rings. The molecule has 8 nitrogen and oxygen atoms in total. The molecular weight excluding hydrogens is 402 g/mol. The zero-order valence-electron chi connectivity index (χ0n) is 18.0. The van der Waals surface area contributed by atoms with Gasteiger partial charge in [-0.2, -0.15) is 4.98 Å². The average Bonchev–Trinajstić information content (AvgIpc) is 3.21. The number of amides is 1. The van der Waals surface area contributed by atoms with Crippen LogP contribution in [0.2, 0.25) is 0 Å². The second-order valence-corrected chi connectivity index (χ2v) is 9.17. The summed E-state index contributed by atoms with van der Waals surface area (Å²) in [5.41, 5.74) is 5.06. The lowest BCUT2D eigenvalue weighted by Gasteiger charge is -2.52. The molecule has 6 rings (SSSR count). The van der Waals surface area contributed by atoms with Crippen molar-refractivity contribution in [3.8, 4) is 11.1 Å². The Morgan fingerprint density at radius 2 is 1.91 bits per heavy atom. The second-order valence-electron chi connectivity index (χ2n) is 9.17. The zero-order valence-corrected chi connectivity index (χ0v) is 18.0. The van der Waals surface area contributed by atoms with Gasteiger partial charge in [-0.1, -0.05) is 6.07 Å². The molecule has 2 N–H and O–H groups in total. The molecule has 0 unspecified atom stereocenters. The fourth-order valence-electron chi connectivity index (χ4n) is 5.32. The molecule has 4 heterocycles. The number of aromatic amines is 1. The molecule has 1 amide bonds. The monoisotopic (exact) mass is 427 g/mol. The Balaban J connectivity index is 1.16. The number of rotatable bonds is 3. The quantitative estimate of drug-likeness (QED) is 0.516. The molecule has 2 aliphatic rings. The summed E-state index contributed by atoms with van der Waals surface area (Å²) in [6.07, 6.45) is 11.7. The number of H-pyrrole nitrogens is 1. The van der Waals surface area contributed by atoms with Crippen molar-refractivity contribution in [1.29, 1.82) is 0 Å². The van der Waals surface area contributed by atoms with Crippen LogP contribution in [0.3, 0.4) is 0 Å². The maximum Gasteiger partial charge on any atom is 0.224 e. The number of carbonyl (C=O) groups is 1. The van der Waals surface area contributed by atoms with Gasteiger partial charge in [0.2, 0.25) is 11.9 Å². The summed E-state index contributed by atoms with van der Waals surface area (Å²) in [4.78, 5) is 34.9. The highest BCUT2D eigenvalue weighted by Gasteiger charge is 2.46. The van der Waals surface area contributed by atoms with Gasteiger partial charge in [0.05, 0.1) is 11.0 Å². The first kappa shape index (κ1) is 19.2. The molecule has 1 aliphatic heterocycles. The Morgan fingerprint density at radius 3 is 2.69 bits per heavy atom. The van der Waals surface area contributed by atoms with Crippen LogP contribution in [0.4, 0.5) is 5.95 Å². The van der Waals surface area contributed by atoms with Crippen molar-refractivity contribution < 1.29 is 4.79 Å². The van der Waals surface area contributed by atoms with E-state index in [0.717, 1.165) is 72.0 Å². The zero-order chi connectivity index (χ0) is 21.7. The molecule has 1 aromatic carbocycles. The molecule has 162 valence electrons. The number of piperidine rings is 1. The fourth-order valence-corrected chi connectivity index (χ4v) is 5.32. The number of likely N-dealkylation sites (tertiary alicyclic amines) is 1. The highest BCUT2D eigenvalue weighted by Crippen LogP contribution is 2.49. The Hall–Kier alpha value is -3.55. The number of anilines is 1. The third-order valence-corrected chi connectivity index (χ3v) is 7.17. The van der Waals surface area contributed by atoms with E-state index in [9.17, 15) is 4.79 Å². The number of hydrogen-bond acceptors (Lipinski definition) is 6. The van der Waals surface area contributed by atoms with Gasteiger partial charge < -0.3 is 15.2 Å². The van der Waals surface area contributed by atoms with E-state index in [-0.39, 0.29) is 5.91 Å². The summed E-state index contributed by atoms with van der Waals surface area (Å²) in [6, 6.07) is 6.48. The molecule has 1 saturated carbocycles. The van der Waals surface area contributed by atoms with Crippen LogP contribution in [0.5, 0.6) is 0 Å². The van der Waals surface area contributed by atoms with Gasteiger partial charge in [-0.15, -0.1) is 0 Å². The Morgan fingerprint density at radius 1 is 1.12 bits per heavy atom. The Kier molecular flexibility index (Phi) is 4.34. The minimum Gasteiger partial charge on any atom is -0.351 e. The number of aromatic nitrogens is 5. The molecule has 32 heavy (non-hydrogen) atoms. The van der Waals surface area contributed by atoms with E-state index in [1.54, 1.807) is 19.3 Å². The predicted molar refractivity (Wildman–Crippen MR) is 123 cm³/mol. The fraction of sp³-hybridized carbons (Fsp3) is 0.375. The number of nitrogens with zero attached hydrogens (tertiary/aromatic N) is 5. The van der Waals surface area contributed by atoms with Crippen LogP contribution in [0.15, 0.2) is 43.0 Å². The van der Waals surface area contributed by atoms with Crippen molar-refractivity contribution in [1.82, 2.24) is 29.8 Å². The smallest absolute Gasteiger partial charge is 0.224 e. The van der Waals surface area contributed by atoms with Gasteiger partial charge >= 0.3 is 0 Å². The molecule has 4 aromatic rings. The highest BCUT2D eigenvalue weighted by molar-refractivity contribution is 5.95. The van der Waals surface area contributed by atoms with Gasteiger partial charge in [-0.25, -0.2) is 4.98 Å². The van der Waals surface area contributed by atoms with Crippen molar-refractivity contribution in [2.45, 2.75) is 38.6 Å². The molecule has 0 radical (unpaired) electrons. The van der Waals surface area contributed by atoms with Crippen LogP contribution in [-0.2, 0) is 4.79 Å². The third kappa shape index (κ3) is 3.26. The summed E-state index contributed by atoms with van der Waals surface area (Å²) in [7, 11) is 0. The van der Waals surface area contributed by atoms with Gasteiger partial charge in [0.25, 0.3) is 0 Å². The standard InChI is InChI=1S/C24H25N7O/c1-15(32)31-8-4-24(5-9-31)11-17(12-24)29-23-28-14-19-18(13-27-22(19)30-23)16-2-3-20-21(10-16)26-7-6-25-20/h2-3,6-7,10,13-14,17H,4-5,8-9,11-12H2,1H3,(H2,27,28,29,30). The van der Waals surface area contributed by atoms with Gasteiger partial charge in [0.15, 0.2) is 0 Å². The van der Waals surface area contributed by atoms with Crippen LogP contribution in [0.25, 0.3) is 33.2 Å². The first-order chi connectivity index (χ1) is 15.6. The van der Waals surface area contributed by atoms with E-state index in [2.05, 4.69) is 31.3 Å². The SMILES string of the molecule is CC(=O)N1CCC2(CC1)CC(Nc1ncc3c(-c4ccc5nccnc5c4)c[nH]c3n1)C2. The normalized spacial score (nSPS) is 18.2. The van der Waals surface area contributed by atoms with Crippen molar-refractivity contribution in [3.63, 3.8) is 0 Å². The van der Waals surface area contributed by atoms with Crippen LogP contribution in [0.1, 0.15) is 32.6 Å². The maximum absolute atomic E-state index is 11.6. The summed E-state index contributed by atoms with van der Waals surface area (Å²) in [5, 5.41) is 4.49. The molecule has 1 aliphatic carbocycles. The van der Waals surface area contributed by atoms with Crippen LogP contribution in [0, 0.1) is 5.41 Å². The van der Waals surface area contributed by atoms with E-state index >= 15 is 0 Å². The Labute approximate surface area is 185 Å². The van der Waals surface area contributed by atoms with Crippen molar-refractivity contribution in [2.24, 2.45) is 5.41 Å². The summed E-state index contributed by atoms with van der Waals surface area (Å²) in [6.45, 7) is 3.43. The largest absolute Gasteiger partial charge is 0.351 e. The van der Waals surface area contributed by atoms with Gasteiger partial charge in [-0.05, 0) is 48.8 Å². The van der Waals surface area contributed by atoms with E-state index < -0.39 is 0 Å². The molecule has 8 heteroatoms. The van der Waals surface area contributed by atoms with Gasteiger partial charge in [0, 0.05) is 61.8 Å². The molecule has 3 aromatic heterocycles. The number of benzene rings is 1. The summed E-state index contributed by atoms with van der Waals surface area (Å²) < 4.78 is 0. The summed E-state index contributed by atoms with van der Waals surface area (Å²) in [5.74, 6) is 0.855. The van der Waals surface area contributed by atoms with E-state index in [4.69, 9.17) is 4.98 Å². The number of carbonyl (C=O) groups excluding carboxylic acids is 1. The second kappa shape index (κ2) is 7.25. The van der Waals surface area contributed by atoms with Crippen molar-refractivity contribution in [3.05, 3.63) is 43.0 Å². The number of hydrogen-bond donors (Lipinski definition) is 2. The van der Waals surface area contributed by atoms with E-state index in [1.165, 1.54) is 0 Å². The number of fused-ring (bicyclic) bond motifs is 2. The van der Waals surface area contributed by atoms with Gasteiger partial charge in [-0.3, -0.25) is 14.8 Å². The molecule has 1 saturated heterocycles. The molecule has 0 atom stereocenters. The molecular formula is C24H25N7O. The third-order valence-electron chi connectivity index (χ3n) is 7.17. The molecule has 1 spiro atoms. The first-order valence-electron chi connectivity index (χ1n) is 11.2. The lowest BCUT2D eigenvalue weighted by atomic mass is 9.60. The molecule has 0 bridgehead atoms. The van der Waals surface area contributed by atoms with Crippen molar-refractivity contribution in [2.75, 3.05) is 18.4 Å². The predicted octanol–water partition coefficient (Wildman–Crippen LogP) is 3.77.